The summed E-state index contributed by atoms with van der Waals surface area (Å²) in [4.78, 5) is 24.9. The summed E-state index contributed by atoms with van der Waals surface area (Å²) in [6.07, 6.45) is -1.11. The fourth-order valence-electron chi connectivity index (χ4n) is 8.22. The number of ether oxygens (including phenoxy) is 4. The minimum absolute atomic E-state index is 0.0247. The van der Waals surface area contributed by atoms with Gasteiger partial charge in [-0.05, 0) is 154 Å². The summed E-state index contributed by atoms with van der Waals surface area (Å²) in [6, 6.07) is 16.7. The first-order chi connectivity index (χ1) is 35.7. The van der Waals surface area contributed by atoms with Crippen LogP contribution in [0.25, 0.3) is 0 Å². The van der Waals surface area contributed by atoms with E-state index >= 15 is 0 Å². The number of nitrogens with one attached hydrogen (secondary N) is 4. The monoisotopic (exact) mass is 1260 g/mol. The van der Waals surface area contributed by atoms with Crippen molar-refractivity contribution < 1.29 is 73.6 Å². The van der Waals surface area contributed by atoms with Crippen LogP contribution in [-0.4, -0.2) is 84.2 Å². The van der Waals surface area contributed by atoms with Crippen LogP contribution in [0.5, 0.6) is 11.5 Å². The normalized spacial score (nSPS) is 16.7. The van der Waals surface area contributed by atoms with Gasteiger partial charge in [-0.15, -0.1) is 0 Å². The van der Waals surface area contributed by atoms with Gasteiger partial charge in [0.2, 0.25) is 0 Å². The van der Waals surface area contributed by atoms with E-state index in [9.17, 15) is 37.4 Å². The third-order valence-electron chi connectivity index (χ3n) is 11.1. The number of hydrogen-bond acceptors (Lipinski definition) is 10. The Kier molecular flexibility index (Phi) is 26.9. The van der Waals surface area contributed by atoms with Crippen LogP contribution in [-0.2, 0) is 46.0 Å². The van der Waals surface area contributed by atoms with E-state index in [0.29, 0.717) is 24.3 Å². The molecule has 4 aromatic rings. The number of hydrogen-bond donors (Lipinski definition) is 6. The van der Waals surface area contributed by atoms with Crippen molar-refractivity contribution in [2.45, 2.75) is 163 Å². The number of halogens is 6. The third-order valence-corrected chi connectivity index (χ3v) is 11.8. The second-order valence-electron chi connectivity index (χ2n) is 23.7. The molecule has 77 heavy (non-hydrogen) atoms. The van der Waals surface area contributed by atoms with E-state index in [1.54, 1.807) is 41.5 Å². The fourth-order valence-corrected chi connectivity index (χ4v) is 8.73. The molecule has 2 heterocycles. The molecule has 2 unspecified atom stereocenters. The summed E-state index contributed by atoms with van der Waals surface area (Å²) < 4.78 is 78.3. The number of aliphatic hydroxyl groups excluding tert-OH is 2. The van der Waals surface area contributed by atoms with E-state index in [1.807, 2.05) is 24.3 Å². The molecule has 4 aromatic carbocycles. The zero-order valence-electron chi connectivity index (χ0n) is 46.8. The first kappa shape index (κ1) is 67.5. The Morgan fingerprint density at radius 3 is 1.36 bits per heavy atom. The summed E-state index contributed by atoms with van der Waals surface area (Å²) in [7, 11) is 4.76. The summed E-state index contributed by atoms with van der Waals surface area (Å²) >= 11 is 3.08. The summed E-state index contributed by atoms with van der Waals surface area (Å²) in [5.41, 5.74) is 2.81. The van der Waals surface area contributed by atoms with Crippen LogP contribution in [0.1, 0.15) is 136 Å². The van der Waals surface area contributed by atoms with Crippen LogP contribution < -0.4 is 30.7 Å². The molecule has 12 nitrogen and oxygen atoms in total. The van der Waals surface area contributed by atoms with Crippen molar-refractivity contribution in [1.82, 2.24) is 21.3 Å². The number of carbonyl (C=O) groups excluding carboxylic acids is 2. The van der Waals surface area contributed by atoms with Gasteiger partial charge in [0.15, 0.2) is 0 Å². The van der Waals surface area contributed by atoms with E-state index in [-0.39, 0.29) is 48.8 Å². The van der Waals surface area contributed by atoms with E-state index in [1.165, 1.54) is 29.8 Å². The standard InChI is InChI=1S/C29H40F2N2O4.C24H29F2IN2O4.C5H11.ClH.Zn/c1-28(2,3)16-18-7-8-26-22(13-18)23(9-10-36-26)32-17-25(34)24(33-27(35)37-29(4,5)6)14-19-11-20(30)15-21(31)12-19;1-24(2,3)33-23(31)29-20(10-14-8-15(25)11-16(26)9-14)21(30)13-28-19-6-7-32-22-5-4-17(27)12-18(19)22;1-5(2,3)4;;/h7-8,11-13,15,23-25,32,34H,9-10,14,16-17H2,1-6H3,(H,33,35);4-5,8-9,11-12,19-21,28,30H,6-7,10,13H2,1-3H3,(H,29,31);1H2,2-4H3;1H;/q;;-1;;+2/p-1/t23-,24?,25+;19-,20?,21+;;;/m00.../s1. The van der Waals surface area contributed by atoms with Crippen LogP contribution in [0, 0.1) is 44.6 Å². The molecule has 2 amide bonds. The van der Waals surface area contributed by atoms with Gasteiger partial charge in [0, 0.05) is 64.8 Å². The molecular weight excluding hydrogens is 1180 g/mol. The van der Waals surface area contributed by atoms with Gasteiger partial charge < -0.3 is 57.4 Å². The second kappa shape index (κ2) is 30.7. The number of fused-ring (bicyclic) bond motifs is 2. The number of amides is 2. The predicted octanol–water partition coefficient (Wildman–Crippen LogP) is 12.5. The molecular formula is C58H80ClF4IN4O8Zn. The van der Waals surface area contributed by atoms with Crippen LogP contribution >= 0.6 is 32.3 Å². The van der Waals surface area contributed by atoms with E-state index in [0.717, 1.165) is 74.9 Å². The number of aliphatic hydroxyl groups is 2. The number of rotatable bonds is 15. The van der Waals surface area contributed by atoms with Gasteiger partial charge in [-0.2, -0.15) is 5.41 Å². The molecule has 0 saturated carbocycles. The van der Waals surface area contributed by atoms with Crippen LogP contribution in [0.4, 0.5) is 27.2 Å². The Hall–Kier alpha value is -3.78. The van der Waals surface area contributed by atoms with Crippen molar-refractivity contribution in [1.29, 1.82) is 0 Å². The molecule has 6 N–H and O–H groups in total. The van der Waals surface area contributed by atoms with Gasteiger partial charge in [0.25, 0.3) is 0 Å². The minimum atomic E-state index is -1.05. The fraction of sp³-hybridized carbons (Fsp3) is 0.534. The molecule has 0 fully saturated rings. The summed E-state index contributed by atoms with van der Waals surface area (Å²) in [6.45, 7) is 28.3. The van der Waals surface area contributed by atoms with Gasteiger partial charge in [0.05, 0.1) is 37.5 Å². The van der Waals surface area contributed by atoms with Gasteiger partial charge in [-0.25, -0.2) is 27.2 Å². The van der Waals surface area contributed by atoms with Gasteiger partial charge in [0.1, 0.15) is 46.0 Å². The van der Waals surface area contributed by atoms with Gasteiger partial charge >= 0.3 is 39.2 Å². The van der Waals surface area contributed by atoms with E-state index in [2.05, 4.69) is 104 Å². The van der Waals surface area contributed by atoms with Crippen molar-refractivity contribution in [3.63, 3.8) is 0 Å². The molecule has 0 radical (unpaired) electrons. The number of carbonyl (C=O) groups is 2. The zero-order chi connectivity index (χ0) is 58.1. The number of benzene rings is 4. The van der Waals surface area contributed by atoms with Crippen molar-refractivity contribution in [2.75, 3.05) is 26.3 Å². The van der Waals surface area contributed by atoms with Crippen molar-refractivity contribution in [2.24, 2.45) is 10.8 Å². The van der Waals surface area contributed by atoms with Crippen LogP contribution in [0.15, 0.2) is 72.8 Å². The Balaban J connectivity index is 0.000000363. The molecule has 6 rings (SSSR count). The molecule has 2 aliphatic heterocycles. The summed E-state index contributed by atoms with van der Waals surface area (Å²) in [5.74, 6) is -1.27. The van der Waals surface area contributed by atoms with Gasteiger partial charge in [-0.1, -0.05) is 53.7 Å². The molecule has 19 heteroatoms. The van der Waals surface area contributed by atoms with E-state index in [4.69, 9.17) is 28.6 Å². The number of alkyl carbamates (subject to hydrolysis) is 2. The second-order valence-corrected chi connectivity index (χ2v) is 24.9. The molecule has 6 atom stereocenters. The molecule has 0 saturated heterocycles. The zero-order valence-corrected chi connectivity index (χ0v) is 52.7. The molecule has 0 aromatic heterocycles. The average Bonchev–Trinajstić information content (AvgIpc) is 3.27. The van der Waals surface area contributed by atoms with Crippen molar-refractivity contribution in [3.05, 3.63) is 134 Å². The maximum atomic E-state index is 13.8. The molecule has 0 spiro atoms. The topological polar surface area (TPSA) is 160 Å². The Morgan fingerprint density at radius 2 is 1.00 bits per heavy atom. The molecule has 0 aliphatic carbocycles. The molecule has 424 valence electrons. The Bertz CT molecular complexity index is 2460. The predicted molar refractivity (Wildman–Crippen MR) is 300 cm³/mol. The van der Waals surface area contributed by atoms with Crippen LogP contribution in [0.2, 0.25) is 0 Å². The first-order valence-electron chi connectivity index (χ1n) is 25.7. The van der Waals surface area contributed by atoms with Crippen molar-refractivity contribution in [3.8, 4) is 11.5 Å². The van der Waals surface area contributed by atoms with Crippen LogP contribution in [0.3, 0.4) is 0 Å². The summed E-state index contributed by atoms with van der Waals surface area (Å²) in [5, 5.41) is 34.1. The Morgan fingerprint density at radius 1 is 0.636 bits per heavy atom. The molecule has 2 aliphatic rings. The van der Waals surface area contributed by atoms with E-state index < -0.39 is 70.9 Å². The maximum absolute atomic E-state index is 13.8. The molecule has 0 bridgehead atoms. The quantitative estimate of drug-likeness (QED) is 0.0293. The first-order valence-corrected chi connectivity index (χ1v) is 30.7. The SMILES string of the molecule is CC(C)(C)Cc1ccc2c(c1)[C@@H](NC[C@@H](O)C(Cc1cc(F)cc(F)c1)NC(=O)OC(C)(C)C)CCO2.CC(C)(C)OC(=O)NC(Cc1cc(F)cc(F)c1)[C@H](O)CN[C@H]1CCOc2ccc(I)cc21.[CH2-]C(C)(C)C.[Cl][Zn+]. The average molecular weight is 1270 g/mol. The van der Waals surface area contributed by atoms with Crippen molar-refractivity contribution >= 4 is 44.5 Å². The Labute approximate surface area is 482 Å². The van der Waals surface area contributed by atoms with Gasteiger partial charge in [-0.3, -0.25) is 0 Å². The third kappa shape index (κ3) is 26.8.